The first-order chi connectivity index (χ1) is 9.54. The lowest BCUT2D eigenvalue weighted by Gasteiger charge is -2.05. The van der Waals surface area contributed by atoms with Gasteiger partial charge in [0.05, 0.1) is 5.75 Å². The topological polar surface area (TPSA) is 55.1 Å². The molecule has 104 valence electrons. The Labute approximate surface area is 119 Å². The minimum Gasteiger partial charge on any atom is -0.399 e. The fraction of sp³-hybridized carbons (Fsp3) is 0.0714. The van der Waals surface area contributed by atoms with Crippen LogP contribution in [-0.4, -0.2) is 11.7 Å². The highest BCUT2D eigenvalue weighted by Gasteiger charge is 2.06. The molecule has 2 aromatic rings. The third-order valence-corrected chi connectivity index (χ3v) is 3.45. The van der Waals surface area contributed by atoms with Crippen LogP contribution < -0.4 is 11.1 Å². The van der Waals surface area contributed by atoms with Gasteiger partial charge in [0.1, 0.15) is 0 Å². The Morgan fingerprint density at radius 1 is 1.10 bits per heavy atom. The van der Waals surface area contributed by atoms with Gasteiger partial charge >= 0.3 is 0 Å². The van der Waals surface area contributed by atoms with Crippen molar-refractivity contribution in [3.05, 3.63) is 54.1 Å². The summed E-state index contributed by atoms with van der Waals surface area (Å²) < 4.78 is 25.7. The third-order valence-electron chi connectivity index (χ3n) is 2.46. The maximum absolute atomic E-state index is 13.0. The first kappa shape index (κ1) is 14.3. The van der Waals surface area contributed by atoms with E-state index in [0.29, 0.717) is 16.3 Å². The lowest BCUT2D eigenvalue weighted by molar-refractivity contribution is -0.113. The van der Waals surface area contributed by atoms with Crippen molar-refractivity contribution in [1.82, 2.24) is 0 Å². The molecule has 0 bridgehead atoms. The number of hydrogen-bond donors (Lipinski definition) is 2. The number of nitrogens with one attached hydrogen (secondary N) is 1. The van der Waals surface area contributed by atoms with Crippen molar-refractivity contribution in [2.24, 2.45) is 0 Å². The molecule has 0 atom stereocenters. The number of hydrogen-bond acceptors (Lipinski definition) is 3. The summed E-state index contributed by atoms with van der Waals surface area (Å²) in [6.07, 6.45) is 0. The standard InChI is InChI=1S/C14H12F2N2OS/c15-12-6-5-11(7-13(12)16)20-8-14(19)18-10-3-1-9(17)2-4-10/h1-7H,8,17H2,(H,18,19). The number of nitrogens with two attached hydrogens (primary N) is 1. The number of thioether (sulfide) groups is 1. The Balaban J connectivity index is 1.88. The van der Waals surface area contributed by atoms with E-state index < -0.39 is 11.6 Å². The summed E-state index contributed by atoms with van der Waals surface area (Å²) in [5.74, 6) is -1.95. The molecule has 0 unspecified atom stereocenters. The van der Waals surface area contributed by atoms with Crippen LogP contribution in [0.3, 0.4) is 0 Å². The molecule has 0 saturated carbocycles. The number of rotatable bonds is 4. The SMILES string of the molecule is Nc1ccc(NC(=O)CSc2ccc(F)c(F)c2)cc1. The van der Waals surface area contributed by atoms with E-state index >= 15 is 0 Å². The molecule has 20 heavy (non-hydrogen) atoms. The van der Waals surface area contributed by atoms with Crippen LogP contribution in [0.25, 0.3) is 0 Å². The zero-order valence-corrected chi connectivity index (χ0v) is 11.2. The third kappa shape index (κ3) is 3.96. The zero-order chi connectivity index (χ0) is 14.5. The van der Waals surface area contributed by atoms with Gasteiger partial charge in [0.25, 0.3) is 0 Å². The molecule has 3 N–H and O–H groups in total. The van der Waals surface area contributed by atoms with Gasteiger partial charge in [0.15, 0.2) is 11.6 Å². The summed E-state index contributed by atoms with van der Waals surface area (Å²) in [5.41, 5.74) is 6.78. The highest BCUT2D eigenvalue weighted by molar-refractivity contribution is 8.00. The average molecular weight is 294 g/mol. The molecule has 2 rings (SSSR count). The van der Waals surface area contributed by atoms with E-state index in [2.05, 4.69) is 5.32 Å². The minimum absolute atomic E-state index is 0.107. The smallest absolute Gasteiger partial charge is 0.234 e. The van der Waals surface area contributed by atoms with Crippen molar-refractivity contribution < 1.29 is 13.6 Å². The number of carbonyl (C=O) groups is 1. The van der Waals surface area contributed by atoms with E-state index in [1.807, 2.05) is 0 Å². The summed E-state index contributed by atoms with van der Waals surface area (Å²) in [6, 6.07) is 10.3. The molecule has 2 aromatic carbocycles. The van der Waals surface area contributed by atoms with Gasteiger partial charge in [-0.1, -0.05) is 0 Å². The Morgan fingerprint density at radius 2 is 1.80 bits per heavy atom. The summed E-state index contributed by atoms with van der Waals surface area (Å²) in [5, 5.41) is 2.68. The van der Waals surface area contributed by atoms with E-state index in [0.717, 1.165) is 23.9 Å². The zero-order valence-electron chi connectivity index (χ0n) is 10.4. The van der Waals surface area contributed by atoms with Gasteiger partial charge in [0.2, 0.25) is 5.91 Å². The number of benzene rings is 2. The molecule has 3 nitrogen and oxygen atoms in total. The van der Waals surface area contributed by atoms with Gasteiger partial charge in [-0.2, -0.15) is 0 Å². The maximum Gasteiger partial charge on any atom is 0.234 e. The Bertz CT molecular complexity index is 617. The average Bonchev–Trinajstić information content (AvgIpc) is 2.43. The Hall–Kier alpha value is -2.08. The van der Waals surface area contributed by atoms with Gasteiger partial charge in [-0.3, -0.25) is 4.79 Å². The molecule has 0 aliphatic carbocycles. The number of halogens is 2. The fourth-order valence-electron chi connectivity index (χ4n) is 1.48. The van der Waals surface area contributed by atoms with Crippen molar-refractivity contribution in [3.63, 3.8) is 0 Å². The second-order valence-electron chi connectivity index (χ2n) is 4.03. The van der Waals surface area contributed by atoms with E-state index in [9.17, 15) is 13.6 Å². The molecular formula is C14H12F2N2OS. The number of anilines is 2. The predicted octanol–water partition coefficient (Wildman–Crippen LogP) is 3.28. The lowest BCUT2D eigenvalue weighted by atomic mass is 10.3. The molecule has 0 fully saturated rings. The minimum atomic E-state index is -0.922. The van der Waals surface area contributed by atoms with Crippen molar-refractivity contribution in [1.29, 1.82) is 0 Å². The molecule has 0 aliphatic heterocycles. The van der Waals surface area contributed by atoms with Crippen molar-refractivity contribution >= 4 is 29.0 Å². The highest BCUT2D eigenvalue weighted by Crippen LogP contribution is 2.20. The highest BCUT2D eigenvalue weighted by atomic mass is 32.2. The van der Waals surface area contributed by atoms with Gasteiger partial charge < -0.3 is 11.1 Å². The molecule has 1 amide bonds. The second kappa shape index (κ2) is 6.38. The van der Waals surface area contributed by atoms with E-state index in [1.165, 1.54) is 6.07 Å². The lowest BCUT2D eigenvalue weighted by Crippen LogP contribution is -2.13. The largest absolute Gasteiger partial charge is 0.399 e. The van der Waals surface area contributed by atoms with Crippen molar-refractivity contribution in [3.8, 4) is 0 Å². The van der Waals surface area contributed by atoms with Crippen LogP contribution in [0, 0.1) is 11.6 Å². The monoisotopic (exact) mass is 294 g/mol. The Kier molecular flexibility index (Phi) is 4.57. The molecule has 0 heterocycles. The van der Waals surface area contributed by atoms with Gasteiger partial charge in [-0.15, -0.1) is 11.8 Å². The molecule has 0 aromatic heterocycles. The van der Waals surface area contributed by atoms with Crippen molar-refractivity contribution in [2.75, 3.05) is 16.8 Å². The summed E-state index contributed by atoms with van der Waals surface area (Å²) in [4.78, 5) is 12.2. The summed E-state index contributed by atoms with van der Waals surface area (Å²) in [7, 11) is 0. The molecule has 0 radical (unpaired) electrons. The van der Waals surface area contributed by atoms with Crippen LogP contribution in [-0.2, 0) is 4.79 Å². The van der Waals surface area contributed by atoms with Gasteiger partial charge in [-0.05, 0) is 42.5 Å². The quantitative estimate of drug-likeness (QED) is 0.672. The maximum atomic E-state index is 13.0. The van der Waals surface area contributed by atoms with Crippen molar-refractivity contribution in [2.45, 2.75) is 4.90 Å². The predicted molar refractivity (Wildman–Crippen MR) is 76.6 cm³/mol. The van der Waals surface area contributed by atoms with Gasteiger partial charge in [0, 0.05) is 16.3 Å². The van der Waals surface area contributed by atoms with Crippen LogP contribution in [0.2, 0.25) is 0 Å². The van der Waals surface area contributed by atoms with E-state index in [-0.39, 0.29) is 11.7 Å². The summed E-state index contributed by atoms with van der Waals surface area (Å²) >= 11 is 1.13. The van der Waals surface area contributed by atoms with Crippen LogP contribution in [0.5, 0.6) is 0 Å². The fourth-order valence-corrected chi connectivity index (χ4v) is 2.20. The molecule has 0 aliphatic rings. The number of amides is 1. The number of carbonyl (C=O) groups excluding carboxylic acids is 1. The molecule has 0 spiro atoms. The first-order valence-electron chi connectivity index (χ1n) is 5.78. The first-order valence-corrected chi connectivity index (χ1v) is 6.76. The van der Waals surface area contributed by atoms with Crippen LogP contribution in [0.1, 0.15) is 0 Å². The number of nitrogen functional groups attached to an aromatic ring is 1. The summed E-state index contributed by atoms with van der Waals surface area (Å²) in [6.45, 7) is 0. The Morgan fingerprint density at radius 3 is 2.45 bits per heavy atom. The van der Waals surface area contributed by atoms with Gasteiger partial charge in [-0.25, -0.2) is 8.78 Å². The molecule has 6 heteroatoms. The second-order valence-corrected chi connectivity index (χ2v) is 5.08. The molecular weight excluding hydrogens is 282 g/mol. The normalized spacial score (nSPS) is 10.3. The van der Waals surface area contributed by atoms with Crippen LogP contribution in [0.4, 0.5) is 20.2 Å². The van der Waals surface area contributed by atoms with Crippen LogP contribution >= 0.6 is 11.8 Å². The van der Waals surface area contributed by atoms with E-state index in [4.69, 9.17) is 5.73 Å². The van der Waals surface area contributed by atoms with E-state index in [1.54, 1.807) is 24.3 Å². The van der Waals surface area contributed by atoms with Crippen LogP contribution in [0.15, 0.2) is 47.4 Å². The molecule has 0 saturated heterocycles.